The summed E-state index contributed by atoms with van der Waals surface area (Å²) in [6, 6.07) is 10.6. The minimum absolute atomic E-state index is 0.127. The molecule has 0 radical (unpaired) electrons. The molecule has 2 aromatic carbocycles. The maximum Gasteiger partial charge on any atom is 0.416 e. The van der Waals surface area contributed by atoms with Gasteiger partial charge in [0, 0.05) is 16.6 Å². The van der Waals surface area contributed by atoms with Crippen molar-refractivity contribution >= 4 is 18.2 Å². The molecular weight excluding hydrogens is 441 g/mol. The molecule has 0 heterocycles. The SMILES string of the molecule is CCCCCC(COc1ccc(C(F)(F)F)cc1)CSc1ccc(OCOC=O)c(C)c1. The summed E-state index contributed by atoms with van der Waals surface area (Å²) in [7, 11) is 0. The van der Waals surface area contributed by atoms with Crippen LogP contribution < -0.4 is 9.47 Å². The molecular formula is C24H29F3O4S. The van der Waals surface area contributed by atoms with Crippen LogP contribution in [0.25, 0.3) is 0 Å². The van der Waals surface area contributed by atoms with Gasteiger partial charge in [-0.05, 0) is 61.4 Å². The Morgan fingerprint density at radius 1 is 1.06 bits per heavy atom. The van der Waals surface area contributed by atoms with E-state index in [0.29, 0.717) is 24.6 Å². The summed E-state index contributed by atoms with van der Waals surface area (Å²) in [5.41, 5.74) is 0.258. The number of benzene rings is 2. The second kappa shape index (κ2) is 13.3. The van der Waals surface area contributed by atoms with E-state index in [1.807, 2.05) is 25.1 Å². The molecule has 8 heteroatoms. The van der Waals surface area contributed by atoms with Crippen molar-refractivity contribution in [2.45, 2.75) is 50.6 Å². The molecule has 1 unspecified atom stereocenters. The van der Waals surface area contributed by atoms with Crippen molar-refractivity contribution in [2.24, 2.45) is 5.92 Å². The first-order valence-electron chi connectivity index (χ1n) is 10.5. The molecule has 2 rings (SSSR count). The maximum atomic E-state index is 12.7. The van der Waals surface area contributed by atoms with E-state index in [0.717, 1.165) is 54.0 Å². The number of unbranched alkanes of at least 4 members (excludes halogenated alkanes) is 2. The van der Waals surface area contributed by atoms with E-state index in [1.54, 1.807) is 11.8 Å². The lowest BCUT2D eigenvalue weighted by Crippen LogP contribution is -2.15. The Morgan fingerprint density at radius 2 is 1.81 bits per heavy atom. The number of thioether (sulfide) groups is 1. The fourth-order valence-corrected chi connectivity index (χ4v) is 4.18. The zero-order chi connectivity index (χ0) is 23.4. The highest BCUT2D eigenvalue weighted by molar-refractivity contribution is 7.99. The Kier molecular flexibility index (Phi) is 10.7. The third-order valence-corrected chi connectivity index (χ3v) is 6.09. The third kappa shape index (κ3) is 9.02. The van der Waals surface area contributed by atoms with Crippen molar-refractivity contribution in [1.29, 1.82) is 0 Å². The largest absolute Gasteiger partial charge is 0.493 e. The molecule has 0 aliphatic carbocycles. The Morgan fingerprint density at radius 3 is 2.44 bits per heavy atom. The normalized spacial score (nSPS) is 12.3. The van der Waals surface area contributed by atoms with Crippen LogP contribution in [0, 0.1) is 12.8 Å². The smallest absolute Gasteiger partial charge is 0.416 e. The molecule has 0 aliphatic heterocycles. The summed E-state index contributed by atoms with van der Waals surface area (Å²) in [5, 5.41) is 0. The summed E-state index contributed by atoms with van der Waals surface area (Å²) in [6.45, 7) is 4.73. The number of alkyl halides is 3. The van der Waals surface area contributed by atoms with Gasteiger partial charge in [0.25, 0.3) is 6.47 Å². The predicted octanol–water partition coefficient (Wildman–Crippen LogP) is 6.89. The molecule has 0 saturated heterocycles. The van der Waals surface area contributed by atoms with Gasteiger partial charge in [0.1, 0.15) is 11.5 Å². The second-order valence-electron chi connectivity index (χ2n) is 7.46. The van der Waals surface area contributed by atoms with Crippen LogP contribution in [0.2, 0.25) is 0 Å². The number of hydrogen-bond acceptors (Lipinski definition) is 5. The molecule has 0 saturated carbocycles. The van der Waals surface area contributed by atoms with Crippen LogP contribution in [0.15, 0.2) is 47.4 Å². The van der Waals surface area contributed by atoms with Crippen LogP contribution >= 0.6 is 11.8 Å². The average Bonchev–Trinajstić information content (AvgIpc) is 2.76. The van der Waals surface area contributed by atoms with E-state index in [-0.39, 0.29) is 12.7 Å². The quantitative estimate of drug-likeness (QED) is 0.130. The van der Waals surface area contributed by atoms with E-state index in [4.69, 9.17) is 9.47 Å². The fraction of sp³-hybridized carbons (Fsp3) is 0.458. The highest BCUT2D eigenvalue weighted by Gasteiger charge is 2.30. The number of halogens is 3. The Balaban J connectivity index is 1.92. The van der Waals surface area contributed by atoms with Gasteiger partial charge < -0.3 is 14.2 Å². The summed E-state index contributed by atoms with van der Waals surface area (Å²) in [6.07, 6.45) is -0.0209. The molecule has 0 fully saturated rings. The Labute approximate surface area is 191 Å². The van der Waals surface area contributed by atoms with Crippen molar-refractivity contribution in [1.82, 2.24) is 0 Å². The van der Waals surface area contributed by atoms with E-state index >= 15 is 0 Å². The van der Waals surface area contributed by atoms with Crippen molar-refractivity contribution in [2.75, 3.05) is 19.2 Å². The highest BCUT2D eigenvalue weighted by Crippen LogP contribution is 2.31. The lowest BCUT2D eigenvalue weighted by Gasteiger charge is -2.18. The summed E-state index contributed by atoms with van der Waals surface area (Å²) >= 11 is 1.71. The zero-order valence-electron chi connectivity index (χ0n) is 18.3. The molecule has 0 spiro atoms. The molecule has 176 valence electrons. The van der Waals surface area contributed by atoms with Crippen LogP contribution in [0.5, 0.6) is 11.5 Å². The van der Waals surface area contributed by atoms with Gasteiger partial charge in [0.15, 0.2) is 0 Å². The van der Waals surface area contributed by atoms with Crippen molar-refractivity contribution in [3.63, 3.8) is 0 Å². The van der Waals surface area contributed by atoms with Crippen molar-refractivity contribution < 1.29 is 32.2 Å². The molecule has 0 amide bonds. The van der Waals surface area contributed by atoms with Gasteiger partial charge in [0.05, 0.1) is 12.2 Å². The van der Waals surface area contributed by atoms with Gasteiger partial charge in [0.2, 0.25) is 6.79 Å². The number of carbonyl (C=O) groups is 1. The van der Waals surface area contributed by atoms with Gasteiger partial charge >= 0.3 is 6.18 Å². The lowest BCUT2D eigenvalue weighted by molar-refractivity contribution is -0.137. The topological polar surface area (TPSA) is 44.8 Å². The van der Waals surface area contributed by atoms with E-state index < -0.39 is 11.7 Å². The van der Waals surface area contributed by atoms with Crippen molar-refractivity contribution in [3.8, 4) is 11.5 Å². The van der Waals surface area contributed by atoms with Crippen LogP contribution in [0.4, 0.5) is 13.2 Å². The van der Waals surface area contributed by atoms with Crippen LogP contribution in [-0.4, -0.2) is 25.6 Å². The van der Waals surface area contributed by atoms with Crippen LogP contribution in [-0.2, 0) is 15.7 Å². The van der Waals surface area contributed by atoms with E-state index in [2.05, 4.69) is 11.7 Å². The van der Waals surface area contributed by atoms with Crippen LogP contribution in [0.3, 0.4) is 0 Å². The third-order valence-electron chi connectivity index (χ3n) is 4.87. The fourth-order valence-electron chi connectivity index (χ4n) is 3.06. The van der Waals surface area contributed by atoms with Crippen LogP contribution in [0.1, 0.15) is 43.7 Å². The molecule has 0 bridgehead atoms. The Hall–Kier alpha value is -2.35. The highest BCUT2D eigenvalue weighted by atomic mass is 32.2. The summed E-state index contributed by atoms with van der Waals surface area (Å²) < 4.78 is 53.9. The van der Waals surface area contributed by atoms with Gasteiger partial charge in [-0.25, -0.2) is 0 Å². The van der Waals surface area contributed by atoms with E-state index in [9.17, 15) is 18.0 Å². The van der Waals surface area contributed by atoms with Gasteiger partial charge in [-0.1, -0.05) is 26.2 Å². The van der Waals surface area contributed by atoms with Gasteiger partial charge in [-0.3, -0.25) is 4.79 Å². The molecule has 0 aliphatic rings. The minimum Gasteiger partial charge on any atom is -0.493 e. The Bertz CT molecular complexity index is 825. The standard InChI is InChI=1S/C24H29F3O4S/c1-3-4-5-6-19(14-30-21-9-7-20(8-10-21)24(25,26)27)15-32-22-11-12-23(18(2)13-22)31-17-29-16-28/h7-13,16,19H,3-6,14-15,17H2,1-2H3. The summed E-state index contributed by atoms with van der Waals surface area (Å²) in [4.78, 5) is 11.3. The maximum absolute atomic E-state index is 12.7. The van der Waals surface area contributed by atoms with Gasteiger partial charge in [-0.15, -0.1) is 11.8 Å². The monoisotopic (exact) mass is 470 g/mol. The zero-order valence-corrected chi connectivity index (χ0v) is 19.1. The molecule has 0 N–H and O–H groups in total. The minimum atomic E-state index is -4.35. The predicted molar refractivity (Wildman–Crippen MR) is 119 cm³/mol. The lowest BCUT2D eigenvalue weighted by atomic mass is 10.0. The number of aryl methyl sites for hydroxylation is 1. The molecule has 32 heavy (non-hydrogen) atoms. The second-order valence-corrected chi connectivity index (χ2v) is 8.55. The first-order chi connectivity index (χ1) is 15.3. The number of carbonyl (C=O) groups excluding carboxylic acids is 1. The molecule has 0 aromatic heterocycles. The van der Waals surface area contributed by atoms with Gasteiger partial charge in [-0.2, -0.15) is 13.2 Å². The summed E-state index contributed by atoms with van der Waals surface area (Å²) in [5.74, 6) is 2.20. The number of rotatable bonds is 14. The number of hydrogen-bond donors (Lipinski definition) is 0. The first-order valence-corrected chi connectivity index (χ1v) is 11.5. The molecule has 2 aromatic rings. The first kappa shape index (κ1) is 25.9. The molecule has 1 atom stereocenters. The molecule has 4 nitrogen and oxygen atoms in total. The number of ether oxygens (including phenoxy) is 3. The average molecular weight is 471 g/mol. The van der Waals surface area contributed by atoms with Crippen molar-refractivity contribution in [3.05, 3.63) is 53.6 Å². The van der Waals surface area contributed by atoms with E-state index in [1.165, 1.54) is 12.1 Å².